The molecule has 2 heterocycles. The third-order valence-electron chi connectivity index (χ3n) is 4.45. The van der Waals surface area contributed by atoms with E-state index in [0.717, 1.165) is 30.1 Å². The minimum Gasteiger partial charge on any atom is -0.350 e. The molecule has 0 aliphatic carbocycles. The highest BCUT2D eigenvalue weighted by Gasteiger charge is 2.21. The summed E-state index contributed by atoms with van der Waals surface area (Å²) in [6, 6.07) is 9.74. The van der Waals surface area contributed by atoms with Crippen molar-refractivity contribution < 1.29 is 14.0 Å². The molecule has 138 valence electrons. The van der Waals surface area contributed by atoms with Crippen molar-refractivity contribution in [1.82, 2.24) is 15.1 Å². The molecule has 0 unspecified atom stereocenters. The summed E-state index contributed by atoms with van der Waals surface area (Å²) in [4.78, 5) is 29.1. The Morgan fingerprint density at radius 2 is 1.81 bits per heavy atom. The second-order valence-electron chi connectivity index (χ2n) is 6.26. The van der Waals surface area contributed by atoms with Gasteiger partial charge >= 0.3 is 0 Å². The summed E-state index contributed by atoms with van der Waals surface area (Å²) in [7, 11) is 0. The summed E-state index contributed by atoms with van der Waals surface area (Å²) in [5, 5.41) is 4.81. The van der Waals surface area contributed by atoms with Crippen LogP contribution in [0.2, 0.25) is 0 Å². The van der Waals surface area contributed by atoms with Crippen molar-refractivity contribution in [2.45, 2.75) is 6.42 Å². The molecule has 1 aromatic carbocycles. The number of rotatable bonds is 6. The van der Waals surface area contributed by atoms with Crippen LogP contribution in [0.5, 0.6) is 0 Å². The quantitative estimate of drug-likeness (QED) is 0.840. The van der Waals surface area contributed by atoms with E-state index in [9.17, 15) is 14.0 Å². The Morgan fingerprint density at radius 3 is 2.46 bits per heavy atom. The van der Waals surface area contributed by atoms with Gasteiger partial charge in [0, 0.05) is 39.3 Å². The molecular formula is C19H22FN3O2S. The number of carbonyl (C=O) groups excluding carboxylic acids is 2. The minimum absolute atomic E-state index is 0.0342. The van der Waals surface area contributed by atoms with Crippen molar-refractivity contribution in [3.63, 3.8) is 0 Å². The van der Waals surface area contributed by atoms with E-state index in [1.54, 1.807) is 12.1 Å². The zero-order chi connectivity index (χ0) is 18.4. The monoisotopic (exact) mass is 375 g/mol. The fourth-order valence-electron chi connectivity index (χ4n) is 2.93. The number of nitrogens with one attached hydrogen (secondary N) is 1. The SMILES string of the molecule is O=C(NCCN1CCN(C(=O)Cc2ccc(F)cc2)CC1)c1cccs1. The van der Waals surface area contributed by atoms with Crippen LogP contribution in [0.3, 0.4) is 0 Å². The zero-order valence-corrected chi connectivity index (χ0v) is 15.3. The van der Waals surface area contributed by atoms with Crippen molar-refractivity contribution in [1.29, 1.82) is 0 Å². The first-order valence-corrected chi connectivity index (χ1v) is 9.56. The Bertz CT molecular complexity index is 726. The fourth-order valence-corrected chi connectivity index (χ4v) is 3.57. The Balaban J connectivity index is 1.36. The van der Waals surface area contributed by atoms with Crippen LogP contribution in [0, 0.1) is 5.82 Å². The molecule has 7 heteroatoms. The highest BCUT2D eigenvalue weighted by molar-refractivity contribution is 7.12. The summed E-state index contributed by atoms with van der Waals surface area (Å²) in [6.07, 6.45) is 0.303. The number of hydrogen-bond acceptors (Lipinski definition) is 4. The first-order chi connectivity index (χ1) is 12.6. The average Bonchev–Trinajstić information content (AvgIpc) is 3.19. The summed E-state index contributed by atoms with van der Waals surface area (Å²) in [5.74, 6) is -0.253. The number of piperazine rings is 1. The van der Waals surface area contributed by atoms with Gasteiger partial charge in [0.1, 0.15) is 5.82 Å². The molecule has 0 bridgehead atoms. The third-order valence-corrected chi connectivity index (χ3v) is 5.32. The molecule has 0 atom stereocenters. The lowest BCUT2D eigenvalue weighted by atomic mass is 10.1. The number of halogens is 1. The van der Waals surface area contributed by atoms with Crippen molar-refractivity contribution in [2.24, 2.45) is 0 Å². The molecule has 1 aliphatic heterocycles. The molecule has 1 saturated heterocycles. The van der Waals surface area contributed by atoms with E-state index >= 15 is 0 Å². The van der Waals surface area contributed by atoms with Gasteiger partial charge in [-0.1, -0.05) is 18.2 Å². The first-order valence-electron chi connectivity index (χ1n) is 8.68. The van der Waals surface area contributed by atoms with Gasteiger partial charge in [-0.05, 0) is 29.1 Å². The fraction of sp³-hybridized carbons (Fsp3) is 0.368. The molecule has 0 radical (unpaired) electrons. The second-order valence-corrected chi connectivity index (χ2v) is 7.21. The lowest BCUT2D eigenvalue weighted by Gasteiger charge is -2.34. The molecule has 5 nitrogen and oxygen atoms in total. The Labute approximate surface area is 156 Å². The van der Waals surface area contributed by atoms with Gasteiger partial charge in [-0.2, -0.15) is 0 Å². The van der Waals surface area contributed by atoms with E-state index in [0.29, 0.717) is 26.1 Å². The van der Waals surface area contributed by atoms with Gasteiger partial charge in [-0.3, -0.25) is 14.5 Å². The molecule has 0 spiro atoms. The van der Waals surface area contributed by atoms with Crippen molar-refractivity contribution in [2.75, 3.05) is 39.3 Å². The van der Waals surface area contributed by atoms with Gasteiger partial charge in [0.05, 0.1) is 11.3 Å². The Kier molecular flexibility index (Phi) is 6.35. The van der Waals surface area contributed by atoms with Crippen LogP contribution in [-0.4, -0.2) is 60.9 Å². The number of hydrogen-bond donors (Lipinski definition) is 1. The molecular weight excluding hydrogens is 353 g/mol. The smallest absolute Gasteiger partial charge is 0.261 e. The Hall–Kier alpha value is -2.25. The van der Waals surface area contributed by atoms with E-state index < -0.39 is 0 Å². The van der Waals surface area contributed by atoms with Gasteiger partial charge in [0.25, 0.3) is 5.91 Å². The standard InChI is InChI=1S/C19H22FN3O2S/c20-16-5-3-15(4-6-16)14-18(24)23-11-9-22(10-12-23)8-7-21-19(25)17-2-1-13-26-17/h1-6,13H,7-12,14H2,(H,21,25). The lowest BCUT2D eigenvalue weighted by molar-refractivity contribution is -0.132. The van der Waals surface area contributed by atoms with Crippen LogP contribution in [0.15, 0.2) is 41.8 Å². The van der Waals surface area contributed by atoms with Gasteiger partial charge < -0.3 is 10.2 Å². The number of thiophene rings is 1. The summed E-state index contributed by atoms with van der Waals surface area (Å²) >= 11 is 1.43. The minimum atomic E-state index is -0.291. The van der Waals surface area contributed by atoms with Crippen molar-refractivity contribution in [3.8, 4) is 0 Å². The Morgan fingerprint density at radius 1 is 1.08 bits per heavy atom. The third kappa shape index (κ3) is 5.12. The normalized spacial score (nSPS) is 15.0. The van der Waals surface area contributed by atoms with Crippen LogP contribution in [-0.2, 0) is 11.2 Å². The molecule has 2 amide bonds. The van der Waals surface area contributed by atoms with Gasteiger partial charge in [-0.25, -0.2) is 4.39 Å². The van der Waals surface area contributed by atoms with Crippen LogP contribution in [0.1, 0.15) is 15.2 Å². The van der Waals surface area contributed by atoms with E-state index in [2.05, 4.69) is 10.2 Å². The topological polar surface area (TPSA) is 52.7 Å². The van der Waals surface area contributed by atoms with Gasteiger partial charge in [0.2, 0.25) is 5.91 Å². The predicted molar refractivity (Wildman–Crippen MR) is 99.8 cm³/mol. The van der Waals surface area contributed by atoms with Crippen molar-refractivity contribution >= 4 is 23.2 Å². The number of benzene rings is 1. The van der Waals surface area contributed by atoms with Crippen LogP contribution < -0.4 is 5.32 Å². The summed E-state index contributed by atoms with van der Waals surface area (Å²) < 4.78 is 12.9. The second kappa shape index (κ2) is 8.91. The van der Waals surface area contributed by atoms with Crippen LogP contribution >= 0.6 is 11.3 Å². The maximum atomic E-state index is 12.9. The molecule has 1 aromatic heterocycles. The molecule has 1 aliphatic rings. The van der Waals surface area contributed by atoms with Gasteiger partial charge in [0.15, 0.2) is 0 Å². The number of carbonyl (C=O) groups is 2. The van der Waals surface area contributed by atoms with Gasteiger partial charge in [-0.15, -0.1) is 11.3 Å². The highest BCUT2D eigenvalue weighted by Crippen LogP contribution is 2.09. The average molecular weight is 375 g/mol. The molecule has 1 fully saturated rings. The van der Waals surface area contributed by atoms with E-state index in [1.807, 2.05) is 22.4 Å². The predicted octanol–water partition coefficient (Wildman–Crippen LogP) is 2.00. The van der Waals surface area contributed by atoms with Crippen LogP contribution in [0.25, 0.3) is 0 Å². The first kappa shape index (κ1) is 18.5. The maximum absolute atomic E-state index is 12.9. The van der Waals surface area contributed by atoms with Crippen molar-refractivity contribution in [3.05, 3.63) is 58.0 Å². The van der Waals surface area contributed by atoms with E-state index in [1.165, 1.54) is 23.5 Å². The van der Waals surface area contributed by atoms with Crippen LogP contribution in [0.4, 0.5) is 4.39 Å². The maximum Gasteiger partial charge on any atom is 0.261 e. The molecule has 1 N–H and O–H groups in total. The van der Waals surface area contributed by atoms with E-state index in [4.69, 9.17) is 0 Å². The molecule has 0 saturated carbocycles. The number of amides is 2. The molecule has 26 heavy (non-hydrogen) atoms. The molecule has 2 aromatic rings. The van der Waals surface area contributed by atoms with E-state index in [-0.39, 0.29) is 17.6 Å². The highest BCUT2D eigenvalue weighted by atomic mass is 32.1. The summed E-state index contributed by atoms with van der Waals surface area (Å²) in [6.45, 7) is 4.32. The summed E-state index contributed by atoms with van der Waals surface area (Å²) in [5.41, 5.74) is 0.829. The zero-order valence-electron chi connectivity index (χ0n) is 14.5. The lowest BCUT2D eigenvalue weighted by Crippen LogP contribution is -2.50. The molecule has 3 rings (SSSR count). The number of nitrogens with zero attached hydrogens (tertiary/aromatic N) is 2. The largest absolute Gasteiger partial charge is 0.350 e.